The first-order chi connectivity index (χ1) is 27.1. The summed E-state index contributed by atoms with van der Waals surface area (Å²) in [7, 11) is -13.4. The molecule has 30 heteroatoms. The first-order valence-electron chi connectivity index (χ1n) is 16.9. The van der Waals surface area contributed by atoms with Crippen molar-refractivity contribution in [1.29, 1.82) is 0 Å². The van der Waals surface area contributed by atoms with Crippen molar-refractivity contribution >= 4 is 57.4 Å². The number of phosphoric ester groups is 3. The maximum Gasteiger partial charge on any atom is 0.472 e. The first-order valence-corrected chi connectivity index (χ1v) is 21.4. The number of nitrogen functional groups attached to an aromatic ring is 2. The summed E-state index contributed by atoms with van der Waals surface area (Å²) < 4.78 is 82.1. The molecule has 0 spiro atoms. The molecule has 0 aliphatic carbocycles. The van der Waals surface area contributed by atoms with E-state index in [-0.39, 0.29) is 68.7 Å². The Morgan fingerprint density at radius 2 is 1.60 bits per heavy atom. The lowest BCUT2D eigenvalue weighted by molar-refractivity contribution is -0.0585. The summed E-state index contributed by atoms with van der Waals surface area (Å²) in [6.07, 6.45) is -1.63. The number of rotatable bonds is 24. The van der Waals surface area contributed by atoms with Crippen LogP contribution in [0.1, 0.15) is 24.6 Å². The van der Waals surface area contributed by atoms with Crippen molar-refractivity contribution < 1.29 is 75.2 Å². The highest BCUT2D eigenvalue weighted by Crippen LogP contribution is 2.51. The Bertz CT molecular complexity index is 2160. The number of aromatic nitrogens is 7. The number of phosphoric acid groups is 3. The number of nitrogens with two attached hydrogens (primary N) is 2. The lowest BCUT2D eigenvalue weighted by Gasteiger charge is -2.25. The molecule has 1 aliphatic rings. The molecule has 0 amide bonds. The van der Waals surface area contributed by atoms with E-state index in [0.717, 1.165) is 6.33 Å². The van der Waals surface area contributed by atoms with Gasteiger partial charge in [-0.3, -0.25) is 41.5 Å². The zero-order valence-corrected chi connectivity index (χ0v) is 32.7. The van der Waals surface area contributed by atoms with E-state index in [0.29, 0.717) is 16.6 Å². The second-order valence-corrected chi connectivity index (χ2v) is 16.4. The maximum absolute atomic E-state index is 13.3. The predicted octanol–water partition coefficient (Wildman–Crippen LogP) is -0.840. The van der Waals surface area contributed by atoms with Gasteiger partial charge in [-0.05, 0) is 12.8 Å². The number of aromatic amines is 2. The van der Waals surface area contributed by atoms with Crippen molar-refractivity contribution in [1.82, 2.24) is 39.8 Å². The van der Waals surface area contributed by atoms with Crippen molar-refractivity contribution in [3.05, 3.63) is 34.8 Å². The Kier molecular flexibility index (Phi) is 15.4. The minimum absolute atomic E-state index is 0.0100. The molecule has 0 bridgehead atoms. The molecule has 5 rings (SSSR count). The monoisotopic (exact) mass is 872 g/mol. The molecule has 8 atom stereocenters. The van der Waals surface area contributed by atoms with Gasteiger partial charge in [-0.25, -0.2) is 28.6 Å². The summed E-state index contributed by atoms with van der Waals surface area (Å²) in [4.78, 5) is 65.2. The van der Waals surface area contributed by atoms with Crippen molar-refractivity contribution in [2.75, 3.05) is 64.8 Å². The van der Waals surface area contributed by atoms with Crippen LogP contribution in [-0.2, 0) is 56.9 Å². The normalized spacial score (nSPS) is 22.4. The van der Waals surface area contributed by atoms with Gasteiger partial charge in [0, 0.05) is 38.6 Å². The summed E-state index contributed by atoms with van der Waals surface area (Å²) in [5.74, 6) is -0.0825. The molecule has 1 aliphatic heterocycles. The number of methoxy groups -OCH3 is 1. The van der Waals surface area contributed by atoms with Gasteiger partial charge >= 0.3 is 23.5 Å². The van der Waals surface area contributed by atoms with Crippen LogP contribution in [0, 0.1) is 0 Å². The number of nitrogens with zero attached hydrogens (tertiary/aromatic N) is 5. The smallest absolute Gasteiger partial charge is 0.396 e. The van der Waals surface area contributed by atoms with Gasteiger partial charge in [-0.15, -0.1) is 0 Å². The summed E-state index contributed by atoms with van der Waals surface area (Å²) in [5.41, 5.74) is 12.2. The standard InChI is InChI=1S/C27H43N10O17P3/c1-47-22-21(54-57(45,46)49-7-3-5-39)17(53-26(22)37-14-34-20-24(37)35-27(29)36-25(20)40)12-52-56(43,44)51-11-16(10-50-55(41,42)48-6-2-4-38)30-8-15-9-31-19-18(15)32-13-33-23(19)28/h9,13-14,16-17,21-22,26,30-31,38-39H,2-8,10-12H2,1H3,(H,41,42)(H,43,44)(H,45,46)(H2,28,32,33)(H3,29,35,36,40)/t16?,17-,21-,22-,26-/m1/s1. The Labute approximate surface area is 321 Å². The molecule has 5 heterocycles. The van der Waals surface area contributed by atoms with Crippen molar-refractivity contribution in [2.24, 2.45) is 0 Å². The molecule has 12 N–H and O–H groups in total. The van der Waals surface area contributed by atoms with Crippen LogP contribution in [0.2, 0.25) is 0 Å². The van der Waals surface area contributed by atoms with Crippen LogP contribution < -0.4 is 22.3 Å². The number of fused-ring (bicyclic) bond motifs is 2. The Morgan fingerprint density at radius 3 is 2.26 bits per heavy atom. The lowest BCUT2D eigenvalue weighted by Crippen LogP contribution is -2.38. The molecule has 1 fully saturated rings. The van der Waals surface area contributed by atoms with Crippen LogP contribution in [0.3, 0.4) is 0 Å². The third kappa shape index (κ3) is 11.9. The van der Waals surface area contributed by atoms with E-state index in [9.17, 15) is 33.2 Å². The van der Waals surface area contributed by atoms with E-state index in [1.807, 2.05) is 0 Å². The van der Waals surface area contributed by atoms with E-state index in [1.165, 1.54) is 18.0 Å². The van der Waals surface area contributed by atoms with Crippen molar-refractivity contribution in [3.63, 3.8) is 0 Å². The first kappa shape index (κ1) is 44.8. The molecule has 0 aromatic carbocycles. The topological polar surface area (TPSA) is 395 Å². The zero-order valence-electron chi connectivity index (χ0n) is 30.1. The Hall–Kier alpha value is -3.30. The van der Waals surface area contributed by atoms with Crippen LogP contribution in [0.25, 0.3) is 22.2 Å². The minimum Gasteiger partial charge on any atom is -0.396 e. The molecule has 318 valence electrons. The van der Waals surface area contributed by atoms with Crippen LogP contribution in [0.5, 0.6) is 0 Å². The SMILES string of the molecule is CO[C@@H]1[C@H](OP(=O)(O)OCCCO)[C@@H](COP(=O)(O)OCC(COP(=O)(O)OCCCO)NCc2c[nH]c3c(N)ncnc23)O[C@H]1n1cnc2c(=O)[nH]c(N)nc21. The van der Waals surface area contributed by atoms with E-state index in [2.05, 4.69) is 35.2 Å². The predicted molar refractivity (Wildman–Crippen MR) is 194 cm³/mol. The van der Waals surface area contributed by atoms with Gasteiger partial charge in [0.05, 0.1) is 50.9 Å². The number of aliphatic hydroxyl groups excluding tert-OH is 2. The average Bonchev–Trinajstić information content (AvgIpc) is 3.86. The van der Waals surface area contributed by atoms with Crippen LogP contribution >= 0.6 is 23.5 Å². The van der Waals surface area contributed by atoms with Gasteiger partial charge in [-0.2, -0.15) is 4.98 Å². The van der Waals surface area contributed by atoms with E-state index in [4.69, 9.17) is 58.3 Å². The van der Waals surface area contributed by atoms with Gasteiger partial charge in [-0.1, -0.05) is 0 Å². The number of ether oxygens (including phenoxy) is 2. The molecule has 27 nitrogen and oxygen atoms in total. The van der Waals surface area contributed by atoms with E-state index < -0.39 is 79.4 Å². The lowest BCUT2D eigenvalue weighted by atomic mass is 10.1. The number of aliphatic hydroxyl groups is 2. The van der Waals surface area contributed by atoms with Crippen LogP contribution in [0.15, 0.2) is 23.6 Å². The molecule has 57 heavy (non-hydrogen) atoms. The molecule has 4 aromatic rings. The zero-order chi connectivity index (χ0) is 41.4. The molecule has 4 aromatic heterocycles. The Balaban J connectivity index is 1.31. The van der Waals surface area contributed by atoms with Crippen molar-refractivity contribution in [2.45, 2.75) is 50.0 Å². The number of anilines is 2. The highest BCUT2D eigenvalue weighted by atomic mass is 31.2. The Morgan fingerprint density at radius 1 is 0.930 bits per heavy atom. The summed E-state index contributed by atoms with van der Waals surface area (Å²) >= 11 is 0. The number of imidazole rings is 1. The number of hydrogen-bond donors (Lipinski definition) is 10. The fraction of sp³-hybridized carbons (Fsp3) is 0.593. The quantitative estimate of drug-likeness (QED) is 0.0303. The molecule has 1 saturated heterocycles. The highest BCUT2D eigenvalue weighted by Gasteiger charge is 2.51. The highest BCUT2D eigenvalue weighted by molar-refractivity contribution is 7.48. The molecular formula is C27H43N10O17P3. The van der Waals surface area contributed by atoms with Gasteiger partial charge in [0.25, 0.3) is 5.56 Å². The van der Waals surface area contributed by atoms with E-state index >= 15 is 0 Å². The summed E-state index contributed by atoms with van der Waals surface area (Å²) in [6, 6.07) is -1.09. The van der Waals surface area contributed by atoms with Crippen molar-refractivity contribution in [3.8, 4) is 0 Å². The third-order valence-electron chi connectivity index (χ3n) is 8.08. The fourth-order valence-electron chi connectivity index (χ4n) is 5.42. The second-order valence-electron chi connectivity index (χ2n) is 12.1. The second kappa shape index (κ2) is 19.6. The number of hydrogen-bond acceptors (Lipinski definition) is 21. The minimum atomic E-state index is -5.06. The van der Waals surface area contributed by atoms with Gasteiger partial charge in [0.1, 0.15) is 30.2 Å². The molecular weight excluding hydrogens is 829 g/mol. The fourth-order valence-corrected chi connectivity index (χ4v) is 7.99. The van der Waals surface area contributed by atoms with E-state index in [1.54, 1.807) is 6.20 Å². The third-order valence-corrected chi connectivity index (χ3v) is 11.0. The van der Waals surface area contributed by atoms with Crippen LogP contribution in [0.4, 0.5) is 11.8 Å². The maximum atomic E-state index is 13.3. The van der Waals surface area contributed by atoms with Gasteiger partial charge in [0.15, 0.2) is 23.2 Å². The summed E-state index contributed by atoms with van der Waals surface area (Å²) in [6.45, 7) is -3.44. The number of nitrogens with one attached hydrogen (secondary N) is 3. The summed E-state index contributed by atoms with van der Waals surface area (Å²) in [5, 5.41) is 21.0. The van der Waals surface area contributed by atoms with Gasteiger partial charge < -0.3 is 56.1 Å². The molecule has 0 radical (unpaired) electrons. The molecule has 0 saturated carbocycles. The average molecular weight is 873 g/mol. The molecule has 4 unspecified atom stereocenters. The largest absolute Gasteiger partial charge is 0.472 e. The van der Waals surface area contributed by atoms with Gasteiger partial charge in [0.2, 0.25) is 5.95 Å². The van der Waals surface area contributed by atoms with Crippen LogP contribution in [-0.4, -0.2) is 137 Å². The number of H-pyrrole nitrogens is 2.